The summed E-state index contributed by atoms with van der Waals surface area (Å²) in [6.07, 6.45) is 0. The number of carbonyl (C=O) groups is 2. The Bertz CT molecular complexity index is 657. The molecule has 1 heterocycles. The van der Waals surface area contributed by atoms with Gasteiger partial charge >= 0.3 is 5.97 Å². The van der Waals surface area contributed by atoms with Crippen molar-refractivity contribution in [3.63, 3.8) is 0 Å². The molecule has 3 nitrogen and oxygen atoms in total. The standard InChI is InChI=1S/C12H8O3S4/c1-15-9(13)8-11(19-12(16)17-8)18-10(14)7-5-3-2-4-6-7/h2-6H,1H3. The van der Waals surface area contributed by atoms with E-state index in [2.05, 4.69) is 4.74 Å². The van der Waals surface area contributed by atoms with E-state index in [9.17, 15) is 9.59 Å². The van der Waals surface area contributed by atoms with Crippen molar-refractivity contribution >= 4 is 57.7 Å². The van der Waals surface area contributed by atoms with Crippen LogP contribution in [0.1, 0.15) is 20.0 Å². The molecule has 2 rings (SSSR count). The van der Waals surface area contributed by atoms with Gasteiger partial charge in [0.2, 0.25) is 5.12 Å². The van der Waals surface area contributed by atoms with Gasteiger partial charge < -0.3 is 4.74 Å². The van der Waals surface area contributed by atoms with Gasteiger partial charge in [-0.15, -0.1) is 22.7 Å². The Kier molecular flexibility index (Phi) is 4.87. The second-order valence-corrected chi connectivity index (χ2v) is 7.78. The first-order valence-corrected chi connectivity index (χ1v) is 7.97. The maximum Gasteiger partial charge on any atom is 0.350 e. The summed E-state index contributed by atoms with van der Waals surface area (Å²) in [5.41, 5.74) is 0.590. The third kappa shape index (κ3) is 3.50. The largest absolute Gasteiger partial charge is 0.465 e. The summed E-state index contributed by atoms with van der Waals surface area (Å²) in [6.45, 7) is 0. The molecule has 0 N–H and O–H groups in total. The molecule has 0 amide bonds. The molecular formula is C12H8O3S4. The average Bonchev–Trinajstić information content (AvgIpc) is 2.79. The quantitative estimate of drug-likeness (QED) is 0.478. The molecule has 1 aromatic carbocycles. The van der Waals surface area contributed by atoms with Gasteiger partial charge in [0.05, 0.1) is 11.3 Å². The van der Waals surface area contributed by atoms with Crippen LogP contribution in [0.2, 0.25) is 0 Å². The second-order valence-electron chi connectivity index (χ2n) is 3.32. The zero-order valence-corrected chi connectivity index (χ0v) is 13.0. The molecule has 0 aliphatic heterocycles. The molecule has 19 heavy (non-hydrogen) atoms. The molecule has 1 aromatic heterocycles. The van der Waals surface area contributed by atoms with E-state index >= 15 is 0 Å². The number of thioether (sulfide) groups is 1. The lowest BCUT2D eigenvalue weighted by atomic mass is 10.2. The lowest BCUT2D eigenvalue weighted by Crippen LogP contribution is -2.00. The van der Waals surface area contributed by atoms with E-state index in [1.807, 2.05) is 6.07 Å². The number of hydrogen-bond donors (Lipinski definition) is 0. The first kappa shape index (κ1) is 14.4. The van der Waals surface area contributed by atoms with Crippen LogP contribution >= 0.6 is 46.7 Å². The average molecular weight is 328 g/mol. The summed E-state index contributed by atoms with van der Waals surface area (Å²) in [4.78, 5) is 24.1. The number of ether oxygens (including phenoxy) is 1. The van der Waals surface area contributed by atoms with Gasteiger partial charge in [-0.2, -0.15) is 0 Å². The second kappa shape index (κ2) is 6.42. The van der Waals surface area contributed by atoms with Crippen molar-refractivity contribution in [2.45, 2.75) is 4.21 Å². The molecule has 0 unspecified atom stereocenters. The molecule has 0 fully saturated rings. The molecular weight excluding hydrogens is 320 g/mol. The van der Waals surface area contributed by atoms with Crippen LogP contribution in [0.3, 0.4) is 0 Å². The summed E-state index contributed by atoms with van der Waals surface area (Å²) in [5, 5.41) is -0.116. The van der Waals surface area contributed by atoms with E-state index in [-0.39, 0.29) is 5.12 Å². The number of benzene rings is 1. The summed E-state index contributed by atoms with van der Waals surface area (Å²) < 4.78 is 5.88. The highest BCUT2D eigenvalue weighted by Gasteiger charge is 2.19. The van der Waals surface area contributed by atoms with Crippen LogP contribution in [-0.2, 0) is 4.74 Å². The zero-order chi connectivity index (χ0) is 13.8. The smallest absolute Gasteiger partial charge is 0.350 e. The Morgan fingerprint density at radius 3 is 2.53 bits per heavy atom. The first-order valence-electron chi connectivity index (χ1n) is 5.11. The zero-order valence-electron chi connectivity index (χ0n) is 9.74. The highest BCUT2D eigenvalue weighted by Crippen LogP contribution is 2.36. The number of hydrogen-bond acceptors (Lipinski definition) is 7. The van der Waals surface area contributed by atoms with Crippen LogP contribution in [0, 0.1) is 3.14 Å². The normalized spacial score (nSPS) is 10.2. The molecule has 0 saturated carbocycles. The molecule has 0 spiro atoms. The van der Waals surface area contributed by atoms with Crippen LogP contribution in [-0.4, -0.2) is 18.2 Å². The van der Waals surface area contributed by atoms with Gasteiger partial charge in [-0.05, 0) is 11.8 Å². The summed E-state index contributed by atoms with van der Waals surface area (Å²) in [6, 6.07) is 8.91. The number of carbonyl (C=O) groups excluding carboxylic acids is 2. The van der Waals surface area contributed by atoms with E-state index in [4.69, 9.17) is 12.2 Å². The molecule has 2 aromatic rings. The maximum absolute atomic E-state index is 12.1. The third-order valence-corrected chi connectivity index (χ3v) is 5.98. The Morgan fingerprint density at radius 1 is 1.21 bits per heavy atom. The van der Waals surface area contributed by atoms with Crippen LogP contribution < -0.4 is 0 Å². The predicted molar refractivity (Wildman–Crippen MR) is 81.0 cm³/mol. The van der Waals surface area contributed by atoms with Gasteiger partial charge in [0.15, 0.2) is 0 Å². The van der Waals surface area contributed by atoms with Crippen molar-refractivity contribution in [2.24, 2.45) is 0 Å². The van der Waals surface area contributed by atoms with E-state index in [0.717, 1.165) is 11.8 Å². The van der Waals surface area contributed by atoms with E-state index in [1.54, 1.807) is 24.3 Å². The fourth-order valence-electron chi connectivity index (χ4n) is 1.27. The van der Waals surface area contributed by atoms with Gasteiger partial charge in [0.1, 0.15) is 8.01 Å². The minimum Gasteiger partial charge on any atom is -0.465 e. The van der Waals surface area contributed by atoms with Gasteiger partial charge in [0, 0.05) is 5.56 Å². The molecule has 0 atom stereocenters. The van der Waals surface area contributed by atoms with Crippen LogP contribution in [0.5, 0.6) is 0 Å². The Morgan fingerprint density at radius 2 is 1.89 bits per heavy atom. The highest BCUT2D eigenvalue weighted by molar-refractivity contribution is 8.15. The SMILES string of the molecule is COC(=O)c1sc(=S)sc1SC(=O)c1ccccc1. The molecule has 0 saturated heterocycles. The molecule has 0 aliphatic carbocycles. The fraction of sp³-hybridized carbons (Fsp3) is 0.0833. The molecule has 98 valence electrons. The topological polar surface area (TPSA) is 43.4 Å². The first-order chi connectivity index (χ1) is 9.11. The van der Waals surface area contributed by atoms with Gasteiger partial charge in [-0.25, -0.2) is 4.79 Å². The third-order valence-electron chi connectivity index (χ3n) is 2.11. The lowest BCUT2D eigenvalue weighted by molar-refractivity contribution is 0.0603. The monoisotopic (exact) mass is 328 g/mol. The van der Waals surface area contributed by atoms with Crippen molar-refractivity contribution in [3.05, 3.63) is 43.9 Å². The van der Waals surface area contributed by atoms with Crippen LogP contribution in [0.15, 0.2) is 34.5 Å². The van der Waals surface area contributed by atoms with Crippen molar-refractivity contribution in [2.75, 3.05) is 7.11 Å². The summed E-state index contributed by atoms with van der Waals surface area (Å²) >= 11 is 8.50. The van der Waals surface area contributed by atoms with Gasteiger partial charge in [0.25, 0.3) is 0 Å². The van der Waals surface area contributed by atoms with Crippen molar-refractivity contribution in [1.82, 2.24) is 0 Å². The van der Waals surface area contributed by atoms with Crippen LogP contribution in [0.25, 0.3) is 0 Å². The van der Waals surface area contributed by atoms with Gasteiger partial charge in [-0.1, -0.05) is 42.5 Å². The number of esters is 1. The Labute approximate surface area is 127 Å². The van der Waals surface area contributed by atoms with Crippen LogP contribution in [0.4, 0.5) is 0 Å². The Balaban J connectivity index is 2.27. The number of methoxy groups -OCH3 is 1. The predicted octanol–water partition coefficient (Wildman–Crippen LogP) is 4.26. The molecule has 7 heteroatoms. The minimum absolute atomic E-state index is 0.116. The van der Waals surface area contributed by atoms with Crippen molar-refractivity contribution in [3.8, 4) is 0 Å². The van der Waals surface area contributed by atoms with E-state index < -0.39 is 5.97 Å². The maximum atomic E-state index is 12.1. The molecule has 0 radical (unpaired) electrons. The molecule has 0 bridgehead atoms. The summed E-state index contributed by atoms with van der Waals surface area (Å²) in [7, 11) is 1.31. The van der Waals surface area contributed by atoms with E-state index in [0.29, 0.717) is 17.8 Å². The minimum atomic E-state index is -0.458. The fourth-order valence-corrected chi connectivity index (χ4v) is 5.24. The number of rotatable bonds is 3. The Hall–Kier alpha value is -1.02. The van der Waals surface area contributed by atoms with E-state index in [1.165, 1.54) is 29.8 Å². The van der Waals surface area contributed by atoms with Gasteiger partial charge in [-0.3, -0.25) is 4.79 Å². The van der Waals surface area contributed by atoms with Crippen molar-refractivity contribution in [1.29, 1.82) is 0 Å². The van der Waals surface area contributed by atoms with Crippen molar-refractivity contribution < 1.29 is 14.3 Å². The highest BCUT2D eigenvalue weighted by atomic mass is 32.2. The lowest BCUT2D eigenvalue weighted by Gasteiger charge is -2.00. The summed E-state index contributed by atoms with van der Waals surface area (Å²) in [5.74, 6) is -0.458. The molecule has 0 aliphatic rings.